The normalized spacial score (nSPS) is 30.8. The van der Waals surface area contributed by atoms with E-state index in [4.69, 9.17) is 11.5 Å². The highest BCUT2D eigenvalue weighted by molar-refractivity contribution is 5.39. The van der Waals surface area contributed by atoms with Crippen molar-refractivity contribution in [3.05, 3.63) is 23.4 Å². The third kappa shape index (κ3) is 4.81. The van der Waals surface area contributed by atoms with E-state index in [1.165, 1.54) is 114 Å². The van der Waals surface area contributed by atoms with Crippen molar-refractivity contribution in [2.75, 3.05) is 0 Å². The van der Waals surface area contributed by atoms with E-state index in [1.807, 2.05) is 0 Å². The minimum absolute atomic E-state index is 0.0601. The summed E-state index contributed by atoms with van der Waals surface area (Å²) in [5.74, 6) is 1.38. The van der Waals surface area contributed by atoms with Crippen LogP contribution in [0.2, 0.25) is 0 Å². The Labute approximate surface area is 168 Å². The van der Waals surface area contributed by atoms with Crippen LogP contribution >= 0.6 is 0 Å². The highest BCUT2D eigenvalue weighted by atomic mass is 14.7. The first-order valence-electron chi connectivity index (χ1n) is 12.1. The Morgan fingerprint density at radius 3 is 2.19 bits per heavy atom. The summed E-state index contributed by atoms with van der Waals surface area (Å²) < 4.78 is 0. The summed E-state index contributed by atoms with van der Waals surface area (Å²) in [5.41, 5.74) is 16.5. The van der Waals surface area contributed by atoms with Gasteiger partial charge in [-0.2, -0.15) is 0 Å². The van der Waals surface area contributed by atoms with Crippen molar-refractivity contribution >= 4 is 0 Å². The zero-order chi connectivity index (χ0) is 19.1. The van der Waals surface area contributed by atoms with Gasteiger partial charge < -0.3 is 11.5 Å². The molecule has 0 aromatic carbocycles. The molecule has 2 heteroatoms. The Hall–Kier alpha value is -0.760. The third-order valence-corrected chi connectivity index (χ3v) is 7.85. The van der Waals surface area contributed by atoms with E-state index < -0.39 is 0 Å². The Bertz CT molecular complexity index is 508. The van der Waals surface area contributed by atoms with Crippen LogP contribution in [0, 0.1) is 17.3 Å². The van der Waals surface area contributed by atoms with E-state index >= 15 is 0 Å². The molecular weight excluding hydrogens is 328 g/mol. The molecule has 3 aliphatic rings. The molecule has 2 unspecified atom stereocenters. The molecule has 0 saturated heterocycles. The quantitative estimate of drug-likeness (QED) is 0.372. The fourth-order valence-corrected chi connectivity index (χ4v) is 6.24. The number of unbranched alkanes of at least 4 members (excludes halogenated alkanes) is 4. The first-order chi connectivity index (χ1) is 13.2. The molecule has 2 nitrogen and oxygen atoms in total. The molecule has 0 radical (unpaired) electrons. The molecule has 3 rings (SSSR count). The van der Waals surface area contributed by atoms with Crippen molar-refractivity contribution in [2.45, 2.75) is 116 Å². The molecule has 27 heavy (non-hydrogen) atoms. The van der Waals surface area contributed by atoms with Gasteiger partial charge in [-0.05, 0) is 49.5 Å². The maximum Gasteiger partial charge on any atom is 0.0463 e. The molecule has 4 N–H and O–H groups in total. The first kappa shape index (κ1) is 21.0. The monoisotopic (exact) mass is 372 g/mol. The molecule has 2 saturated carbocycles. The standard InChI is InChI=1S/C25H44N2/c1-2-3-4-5-12-18-25(21-15-10-7-11-16-21)19-17-22(26)23(24(25)27)20-13-8-6-9-14-20/h17,19-22H,2-16,18,26-27H2,1H3. The molecule has 0 aromatic rings. The van der Waals surface area contributed by atoms with Crippen LogP contribution in [0.4, 0.5) is 0 Å². The van der Waals surface area contributed by atoms with E-state index in [-0.39, 0.29) is 11.5 Å². The number of allylic oxidation sites excluding steroid dienone is 1. The predicted molar refractivity (Wildman–Crippen MR) is 117 cm³/mol. The molecular formula is C25H44N2. The van der Waals surface area contributed by atoms with E-state index in [9.17, 15) is 0 Å². The summed E-state index contributed by atoms with van der Waals surface area (Å²) in [6.45, 7) is 2.30. The number of nitrogens with two attached hydrogens (primary N) is 2. The van der Waals surface area contributed by atoms with Crippen LogP contribution in [0.15, 0.2) is 23.4 Å². The van der Waals surface area contributed by atoms with Gasteiger partial charge in [-0.25, -0.2) is 0 Å². The molecule has 0 aromatic heterocycles. The highest BCUT2D eigenvalue weighted by Crippen LogP contribution is 2.51. The molecule has 2 atom stereocenters. The zero-order valence-electron chi connectivity index (χ0n) is 17.9. The van der Waals surface area contributed by atoms with Gasteiger partial charge in [0, 0.05) is 17.2 Å². The minimum atomic E-state index is 0.0601. The van der Waals surface area contributed by atoms with Crippen molar-refractivity contribution in [1.29, 1.82) is 0 Å². The molecule has 0 amide bonds. The highest BCUT2D eigenvalue weighted by Gasteiger charge is 2.43. The van der Waals surface area contributed by atoms with Crippen molar-refractivity contribution in [2.24, 2.45) is 28.7 Å². The van der Waals surface area contributed by atoms with Crippen molar-refractivity contribution in [1.82, 2.24) is 0 Å². The summed E-state index contributed by atoms with van der Waals surface area (Å²) in [6.07, 6.45) is 26.4. The van der Waals surface area contributed by atoms with Gasteiger partial charge in [0.25, 0.3) is 0 Å². The summed E-state index contributed by atoms with van der Waals surface area (Å²) in [4.78, 5) is 0. The van der Waals surface area contributed by atoms with E-state index in [2.05, 4.69) is 19.1 Å². The fourth-order valence-electron chi connectivity index (χ4n) is 6.24. The van der Waals surface area contributed by atoms with Crippen LogP contribution in [0.3, 0.4) is 0 Å². The fraction of sp³-hybridized carbons (Fsp3) is 0.840. The van der Waals surface area contributed by atoms with Gasteiger partial charge in [-0.1, -0.05) is 89.7 Å². The second kappa shape index (κ2) is 10.1. The second-order valence-electron chi connectivity index (χ2n) is 9.63. The summed E-state index contributed by atoms with van der Waals surface area (Å²) in [7, 11) is 0. The average molecular weight is 373 g/mol. The van der Waals surface area contributed by atoms with Gasteiger partial charge in [-0.15, -0.1) is 0 Å². The predicted octanol–water partition coefficient (Wildman–Crippen LogP) is 6.60. The molecule has 0 spiro atoms. The summed E-state index contributed by atoms with van der Waals surface area (Å²) in [5, 5.41) is 0. The zero-order valence-corrected chi connectivity index (χ0v) is 17.9. The summed E-state index contributed by atoms with van der Waals surface area (Å²) in [6, 6.07) is 0.0601. The lowest BCUT2D eigenvalue weighted by Gasteiger charge is -2.46. The molecule has 0 heterocycles. The maximum atomic E-state index is 7.10. The van der Waals surface area contributed by atoms with E-state index in [0.717, 1.165) is 5.92 Å². The molecule has 3 aliphatic carbocycles. The van der Waals surface area contributed by atoms with Gasteiger partial charge in [0.05, 0.1) is 0 Å². The lowest BCUT2D eigenvalue weighted by molar-refractivity contribution is 0.181. The van der Waals surface area contributed by atoms with Crippen LogP contribution in [-0.2, 0) is 0 Å². The number of hydrogen-bond acceptors (Lipinski definition) is 2. The van der Waals surface area contributed by atoms with Crippen molar-refractivity contribution in [3.63, 3.8) is 0 Å². The topological polar surface area (TPSA) is 52.0 Å². The van der Waals surface area contributed by atoms with Crippen molar-refractivity contribution in [3.8, 4) is 0 Å². The van der Waals surface area contributed by atoms with Gasteiger partial charge in [0.1, 0.15) is 0 Å². The molecule has 2 fully saturated rings. The van der Waals surface area contributed by atoms with Crippen LogP contribution in [0.5, 0.6) is 0 Å². The van der Waals surface area contributed by atoms with Crippen LogP contribution in [-0.4, -0.2) is 6.04 Å². The largest absolute Gasteiger partial charge is 0.401 e. The van der Waals surface area contributed by atoms with Gasteiger partial charge >= 0.3 is 0 Å². The van der Waals surface area contributed by atoms with E-state index in [1.54, 1.807) is 0 Å². The van der Waals surface area contributed by atoms with Gasteiger partial charge in [0.15, 0.2) is 0 Å². The van der Waals surface area contributed by atoms with Crippen LogP contribution in [0.25, 0.3) is 0 Å². The van der Waals surface area contributed by atoms with Gasteiger partial charge in [0.2, 0.25) is 0 Å². The molecule has 0 bridgehead atoms. The Kier molecular flexibility index (Phi) is 7.87. The average Bonchev–Trinajstić information content (AvgIpc) is 2.71. The van der Waals surface area contributed by atoms with Crippen LogP contribution in [0.1, 0.15) is 110 Å². The van der Waals surface area contributed by atoms with E-state index in [0.29, 0.717) is 5.92 Å². The number of hydrogen-bond donors (Lipinski definition) is 2. The minimum Gasteiger partial charge on any atom is -0.401 e. The maximum absolute atomic E-state index is 7.10. The Balaban J connectivity index is 1.84. The third-order valence-electron chi connectivity index (χ3n) is 7.85. The lowest BCUT2D eigenvalue weighted by Crippen LogP contribution is -2.43. The van der Waals surface area contributed by atoms with Crippen molar-refractivity contribution < 1.29 is 0 Å². The smallest absolute Gasteiger partial charge is 0.0463 e. The first-order valence-corrected chi connectivity index (χ1v) is 12.1. The SMILES string of the molecule is CCCCCCCC1(C2CCCCC2)C=CC(N)C(C2CCCCC2)=C1N. The van der Waals surface area contributed by atoms with Gasteiger partial charge in [-0.3, -0.25) is 0 Å². The van der Waals surface area contributed by atoms with Crippen LogP contribution < -0.4 is 11.5 Å². The second-order valence-corrected chi connectivity index (χ2v) is 9.63. The lowest BCUT2D eigenvalue weighted by atomic mass is 9.60. The Morgan fingerprint density at radius 2 is 1.52 bits per heavy atom. The Morgan fingerprint density at radius 1 is 0.889 bits per heavy atom. The molecule has 154 valence electrons. The summed E-state index contributed by atoms with van der Waals surface area (Å²) >= 11 is 0. The number of rotatable bonds is 8. The molecule has 0 aliphatic heterocycles.